The van der Waals surface area contributed by atoms with Crippen LogP contribution in [0.5, 0.6) is 0 Å². The van der Waals surface area contributed by atoms with Crippen LogP contribution in [0.2, 0.25) is 0 Å². The van der Waals surface area contributed by atoms with Crippen molar-refractivity contribution in [1.82, 2.24) is 4.98 Å². The summed E-state index contributed by atoms with van der Waals surface area (Å²) in [4.78, 5) is 6.79. The number of hydrogen-bond acceptors (Lipinski definition) is 5. The van der Waals surface area contributed by atoms with Crippen molar-refractivity contribution in [3.63, 3.8) is 0 Å². The third-order valence-corrected chi connectivity index (χ3v) is 3.79. The van der Waals surface area contributed by atoms with E-state index in [1.165, 1.54) is 0 Å². The van der Waals surface area contributed by atoms with Gasteiger partial charge in [0.15, 0.2) is 5.58 Å². The molecule has 1 fully saturated rings. The van der Waals surface area contributed by atoms with Gasteiger partial charge >= 0.3 is 0 Å². The summed E-state index contributed by atoms with van der Waals surface area (Å²) in [5.41, 5.74) is 3.78. The van der Waals surface area contributed by atoms with E-state index in [1.807, 2.05) is 42.5 Å². The first-order chi connectivity index (χ1) is 10.9. The summed E-state index contributed by atoms with van der Waals surface area (Å²) in [5.74, 6) is 0. The molecule has 0 saturated carbocycles. The number of aromatic nitrogens is 1. The van der Waals surface area contributed by atoms with Gasteiger partial charge in [0.05, 0.1) is 24.6 Å². The van der Waals surface area contributed by atoms with Crippen molar-refractivity contribution in [3.05, 3.63) is 48.5 Å². The molecule has 22 heavy (non-hydrogen) atoms. The van der Waals surface area contributed by atoms with Crippen LogP contribution >= 0.6 is 0 Å². The molecule has 1 aliphatic heterocycles. The lowest BCUT2D eigenvalue weighted by Gasteiger charge is -2.30. The summed E-state index contributed by atoms with van der Waals surface area (Å²) in [6.07, 6.45) is 0. The fourth-order valence-corrected chi connectivity index (χ4v) is 2.70. The summed E-state index contributed by atoms with van der Waals surface area (Å²) in [6.45, 7) is 3.31. The maximum Gasteiger partial charge on any atom is 0.300 e. The Kier molecular flexibility index (Phi) is 3.40. The standard InChI is InChI=1S/C17H17N3O2/c1-3-7-15(20-9-11-21-12-10-20)13(5-1)18-17-19-14-6-2-4-8-16(14)22-17/h1-8H,9-12H2,(H,18,19). The number of nitrogens with zero attached hydrogens (tertiary/aromatic N) is 2. The number of ether oxygens (including phenoxy) is 1. The van der Waals surface area contributed by atoms with Crippen LogP contribution in [0.1, 0.15) is 0 Å². The highest BCUT2D eigenvalue weighted by atomic mass is 16.5. The van der Waals surface area contributed by atoms with Gasteiger partial charge in [-0.1, -0.05) is 24.3 Å². The first kappa shape index (κ1) is 13.2. The number of rotatable bonds is 3. The number of oxazole rings is 1. The largest absolute Gasteiger partial charge is 0.423 e. The lowest BCUT2D eigenvalue weighted by molar-refractivity contribution is 0.123. The minimum absolute atomic E-state index is 0.516. The van der Waals surface area contributed by atoms with Crippen molar-refractivity contribution >= 4 is 28.5 Å². The molecule has 0 bridgehead atoms. The Balaban J connectivity index is 1.64. The molecule has 3 aromatic rings. The molecule has 5 heteroatoms. The van der Waals surface area contributed by atoms with Crippen molar-refractivity contribution in [3.8, 4) is 0 Å². The molecule has 112 valence electrons. The van der Waals surface area contributed by atoms with Gasteiger partial charge in [-0.3, -0.25) is 0 Å². The zero-order valence-corrected chi connectivity index (χ0v) is 12.2. The van der Waals surface area contributed by atoms with Crippen molar-refractivity contribution in [1.29, 1.82) is 0 Å². The fourth-order valence-electron chi connectivity index (χ4n) is 2.70. The van der Waals surface area contributed by atoms with Crippen molar-refractivity contribution in [2.45, 2.75) is 0 Å². The Morgan fingerprint density at radius 1 is 0.955 bits per heavy atom. The molecule has 1 N–H and O–H groups in total. The van der Waals surface area contributed by atoms with Crippen molar-refractivity contribution in [2.75, 3.05) is 36.5 Å². The maximum atomic E-state index is 5.75. The molecular formula is C17H17N3O2. The van der Waals surface area contributed by atoms with Crippen LogP contribution in [-0.2, 0) is 4.74 Å². The third kappa shape index (κ3) is 2.51. The topological polar surface area (TPSA) is 50.5 Å². The summed E-state index contributed by atoms with van der Waals surface area (Å²) in [5, 5.41) is 3.30. The maximum absolute atomic E-state index is 5.75. The Bertz CT molecular complexity index is 745. The Hall–Kier alpha value is -2.53. The average Bonchev–Trinajstić information content (AvgIpc) is 2.98. The molecule has 0 aliphatic carbocycles. The van der Waals surface area contributed by atoms with E-state index in [1.54, 1.807) is 0 Å². The molecule has 0 amide bonds. The normalized spacial score (nSPS) is 15.2. The lowest BCUT2D eigenvalue weighted by Crippen LogP contribution is -2.36. The zero-order chi connectivity index (χ0) is 14.8. The molecule has 4 rings (SSSR count). The molecule has 1 aromatic heterocycles. The Morgan fingerprint density at radius 3 is 2.59 bits per heavy atom. The van der Waals surface area contributed by atoms with Crippen LogP contribution in [-0.4, -0.2) is 31.3 Å². The molecular weight excluding hydrogens is 278 g/mol. The number of nitrogens with one attached hydrogen (secondary N) is 1. The van der Waals surface area contributed by atoms with E-state index in [2.05, 4.69) is 21.3 Å². The highest BCUT2D eigenvalue weighted by Gasteiger charge is 2.15. The van der Waals surface area contributed by atoms with Gasteiger partial charge in [-0.2, -0.15) is 4.98 Å². The van der Waals surface area contributed by atoms with Gasteiger partial charge in [0.25, 0.3) is 6.01 Å². The van der Waals surface area contributed by atoms with Crippen LogP contribution in [0, 0.1) is 0 Å². The van der Waals surface area contributed by atoms with Crippen LogP contribution < -0.4 is 10.2 Å². The van der Waals surface area contributed by atoms with Crippen LogP contribution in [0.4, 0.5) is 17.4 Å². The number of morpholine rings is 1. The molecule has 0 radical (unpaired) electrons. The second-order valence-corrected chi connectivity index (χ2v) is 5.23. The summed E-state index contributed by atoms with van der Waals surface area (Å²) in [6, 6.07) is 16.5. The average molecular weight is 295 g/mol. The predicted octanol–water partition coefficient (Wildman–Crippen LogP) is 3.41. The first-order valence-electron chi connectivity index (χ1n) is 7.44. The quantitative estimate of drug-likeness (QED) is 0.802. The van der Waals surface area contributed by atoms with Crippen LogP contribution in [0.25, 0.3) is 11.1 Å². The van der Waals surface area contributed by atoms with Gasteiger partial charge in [0, 0.05) is 13.1 Å². The van der Waals surface area contributed by atoms with Gasteiger partial charge in [0.2, 0.25) is 0 Å². The number of benzene rings is 2. The van der Waals surface area contributed by atoms with Gasteiger partial charge in [0.1, 0.15) is 5.52 Å². The molecule has 1 aliphatic rings. The van der Waals surface area contributed by atoms with E-state index in [0.717, 1.165) is 48.8 Å². The number of para-hydroxylation sites is 4. The molecule has 2 aromatic carbocycles. The zero-order valence-electron chi connectivity index (χ0n) is 12.2. The number of hydrogen-bond donors (Lipinski definition) is 1. The highest BCUT2D eigenvalue weighted by Crippen LogP contribution is 2.30. The molecule has 1 saturated heterocycles. The number of anilines is 3. The first-order valence-corrected chi connectivity index (χ1v) is 7.44. The lowest BCUT2D eigenvalue weighted by atomic mass is 10.2. The second-order valence-electron chi connectivity index (χ2n) is 5.23. The smallest absolute Gasteiger partial charge is 0.300 e. The molecule has 0 spiro atoms. The summed E-state index contributed by atoms with van der Waals surface area (Å²) in [7, 11) is 0. The fraction of sp³-hybridized carbons (Fsp3) is 0.235. The minimum atomic E-state index is 0.516. The van der Waals surface area contributed by atoms with Gasteiger partial charge in [-0.15, -0.1) is 0 Å². The summed E-state index contributed by atoms with van der Waals surface area (Å²) >= 11 is 0. The minimum Gasteiger partial charge on any atom is -0.423 e. The third-order valence-electron chi connectivity index (χ3n) is 3.79. The van der Waals surface area contributed by atoms with Crippen LogP contribution in [0.3, 0.4) is 0 Å². The van der Waals surface area contributed by atoms with E-state index in [0.29, 0.717) is 6.01 Å². The van der Waals surface area contributed by atoms with Crippen molar-refractivity contribution < 1.29 is 9.15 Å². The molecule has 5 nitrogen and oxygen atoms in total. The van der Waals surface area contributed by atoms with Gasteiger partial charge < -0.3 is 19.4 Å². The highest BCUT2D eigenvalue weighted by molar-refractivity contribution is 5.78. The summed E-state index contributed by atoms with van der Waals surface area (Å²) < 4.78 is 11.2. The monoisotopic (exact) mass is 295 g/mol. The second kappa shape index (κ2) is 5.69. The van der Waals surface area contributed by atoms with E-state index in [4.69, 9.17) is 9.15 Å². The van der Waals surface area contributed by atoms with E-state index < -0.39 is 0 Å². The number of fused-ring (bicyclic) bond motifs is 1. The molecule has 0 atom stereocenters. The van der Waals surface area contributed by atoms with Crippen LogP contribution in [0.15, 0.2) is 52.9 Å². The van der Waals surface area contributed by atoms with E-state index in [-0.39, 0.29) is 0 Å². The SMILES string of the molecule is c1ccc(N2CCOCC2)c(Nc2nc3ccccc3o2)c1. The molecule has 0 unspecified atom stereocenters. The Morgan fingerprint density at radius 2 is 1.73 bits per heavy atom. The Labute approximate surface area is 128 Å². The van der Waals surface area contributed by atoms with Gasteiger partial charge in [-0.05, 0) is 24.3 Å². The van der Waals surface area contributed by atoms with Gasteiger partial charge in [-0.25, -0.2) is 0 Å². The predicted molar refractivity (Wildman–Crippen MR) is 86.8 cm³/mol. The molecule has 2 heterocycles. The van der Waals surface area contributed by atoms with E-state index in [9.17, 15) is 0 Å². The van der Waals surface area contributed by atoms with Crippen molar-refractivity contribution in [2.24, 2.45) is 0 Å². The van der Waals surface area contributed by atoms with E-state index >= 15 is 0 Å².